The minimum atomic E-state index is -0.563. The number of benzene rings is 2. The van der Waals surface area contributed by atoms with E-state index in [1.165, 1.54) is 4.90 Å². The molecule has 2 aromatic carbocycles. The van der Waals surface area contributed by atoms with Gasteiger partial charge in [-0.25, -0.2) is 4.90 Å². The number of rotatable bonds is 4. The molecule has 7 heteroatoms. The zero-order chi connectivity index (χ0) is 24.9. The second-order valence-corrected chi connectivity index (χ2v) is 10.1. The Morgan fingerprint density at radius 2 is 1.54 bits per heavy atom. The van der Waals surface area contributed by atoms with Gasteiger partial charge < -0.3 is 9.64 Å². The monoisotopic (exact) mass is 474 g/mol. The van der Waals surface area contributed by atoms with Gasteiger partial charge in [0.1, 0.15) is 5.75 Å². The van der Waals surface area contributed by atoms with Crippen molar-refractivity contribution in [2.45, 2.75) is 52.9 Å². The number of ether oxygens (including phenoxy) is 1. The van der Waals surface area contributed by atoms with E-state index in [4.69, 9.17) is 4.74 Å². The molecule has 2 aliphatic heterocycles. The summed E-state index contributed by atoms with van der Waals surface area (Å²) in [6.45, 7) is 6.00. The molecule has 3 atom stereocenters. The molecule has 0 N–H and O–H groups in total. The number of carbonyl (C=O) groups excluding carboxylic acids is 4. The molecule has 182 valence electrons. The van der Waals surface area contributed by atoms with Crippen LogP contribution in [-0.4, -0.2) is 30.2 Å². The molecule has 3 amide bonds. The molecule has 1 saturated carbocycles. The first kappa shape index (κ1) is 23.3. The van der Waals surface area contributed by atoms with Gasteiger partial charge in [0.2, 0.25) is 17.7 Å². The smallest absolute Gasteiger partial charge is 0.316 e. The SMILES string of the molecule is Cc1ccc(C)c(N2C[C@H](C(=O)Oc3ccc(N4C(=O)[C@@H]5CCCC[C@H]5C4=O)c(C)c3)CC2=O)c1. The van der Waals surface area contributed by atoms with Gasteiger partial charge in [0.05, 0.1) is 23.4 Å². The number of aryl methyl sites for hydroxylation is 3. The standard InChI is InChI=1S/C28H30N2O5/c1-16-8-9-17(2)24(12-16)29-15-19(14-25(29)31)28(34)35-20-10-11-23(18(3)13-20)30-26(32)21-6-4-5-7-22(21)27(30)33/h8-13,19,21-22H,4-7,14-15H2,1-3H3/t19-,21-,22-/m1/s1. The van der Waals surface area contributed by atoms with Crippen molar-refractivity contribution in [1.29, 1.82) is 0 Å². The molecular formula is C28H30N2O5. The highest BCUT2D eigenvalue weighted by Gasteiger charge is 2.49. The molecule has 2 saturated heterocycles. The summed E-state index contributed by atoms with van der Waals surface area (Å²) in [6.07, 6.45) is 3.58. The van der Waals surface area contributed by atoms with E-state index in [0.717, 1.165) is 42.5 Å². The first-order valence-electron chi connectivity index (χ1n) is 12.3. The zero-order valence-corrected chi connectivity index (χ0v) is 20.4. The van der Waals surface area contributed by atoms with Crippen LogP contribution >= 0.6 is 0 Å². The fraction of sp³-hybridized carbons (Fsp3) is 0.429. The van der Waals surface area contributed by atoms with E-state index in [2.05, 4.69) is 0 Å². The van der Waals surface area contributed by atoms with Crippen LogP contribution in [0.25, 0.3) is 0 Å². The maximum Gasteiger partial charge on any atom is 0.316 e. The fourth-order valence-electron chi connectivity index (χ4n) is 5.65. The van der Waals surface area contributed by atoms with Crippen molar-refractivity contribution in [1.82, 2.24) is 0 Å². The molecule has 3 fully saturated rings. The summed E-state index contributed by atoms with van der Waals surface area (Å²) in [6, 6.07) is 10.9. The van der Waals surface area contributed by atoms with E-state index >= 15 is 0 Å². The van der Waals surface area contributed by atoms with Crippen LogP contribution < -0.4 is 14.5 Å². The molecule has 2 aromatic rings. The molecule has 0 radical (unpaired) electrons. The van der Waals surface area contributed by atoms with Crippen molar-refractivity contribution in [3.63, 3.8) is 0 Å². The van der Waals surface area contributed by atoms with Gasteiger partial charge in [-0.3, -0.25) is 19.2 Å². The number of fused-ring (bicyclic) bond motifs is 1. The summed E-state index contributed by atoms with van der Waals surface area (Å²) in [5.74, 6) is -1.46. The van der Waals surface area contributed by atoms with Gasteiger partial charge in [-0.15, -0.1) is 0 Å². The van der Waals surface area contributed by atoms with Crippen LogP contribution in [0, 0.1) is 38.5 Å². The van der Waals surface area contributed by atoms with Crippen LogP contribution in [0.2, 0.25) is 0 Å². The van der Waals surface area contributed by atoms with E-state index in [1.807, 2.05) is 32.0 Å². The molecule has 2 heterocycles. The lowest BCUT2D eigenvalue weighted by molar-refractivity contribution is -0.139. The number of amides is 3. The van der Waals surface area contributed by atoms with E-state index in [1.54, 1.807) is 30.0 Å². The third kappa shape index (κ3) is 4.13. The number of carbonyl (C=O) groups is 4. The van der Waals surface area contributed by atoms with Crippen LogP contribution in [0.3, 0.4) is 0 Å². The average molecular weight is 475 g/mol. The minimum Gasteiger partial charge on any atom is -0.426 e. The number of hydrogen-bond acceptors (Lipinski definition) is 5. The van der Waals surface area contributed by atoms with Crippen molar-refractivity contribution in [2.75, 3.05) is 16.3 Å². The second kappa shape index (κ2) is 8.95. The molecule has 5 rings (SSSR count). The van der Waals surface area contributed by atoms with Crippen molar-refractivity contribution >= 4 is 35.1 Å². The Hall–Kier alpha value is -3.48. The maximum atomic E-state index is 12.9. The first-order valence-corrected chi connectivity index (χ1v) is 12.3. The van der Waals surface area contributed by atoms with Crippen LogP contribution in [0.15, 0.2) is 36.4 Å². The second-order valence-electron chi connectivity index (χ2n) is 10.1. The van der Waals surface area contributed by atoms with Crippen molar-refractivity contribution in [2.24, 2.45) is 17.8 Å². The lowest BCUT2D eigenvalue weighted by atomic mass is 9.81. The molecule has 0 bridgehead atoms. The summed E-state index contributed by atoms with van der Waals surface area (Å²) in [5.41, 5.74) is 4.09. The Labute approximate surface area is 205 Å². The van der Waals surface area contributed by atoms with E-state index in [0.29, 0.717) is 17.0 Å². The molecule has 1 aliphatic carbocycles. The lowest BCUT2D eigenvalue weighted by Gasteiger charge is -2.20. The Kier molecular flexibility index (Phi) is 5.95. The highest BCUT2D eigenvalue weighted by Crippen LogP contribution is 2.41. The molecule has 3 aliphatic rings. The Balaban J connectivity index is 1.29. The third-order valence-corrected chi connectivity index (χ3v) is 7.58. The van der Waals surface area contributed by atoms with Crippen molar-refractivity contribution < 1.29 is 23.9 Å². The summed E-state index contributed by atoms with van der Waals surface area (Å²) in [4.78, 5) is 54.4. The summed E-state index contributed by atoms with van der Waals surface area (Å²) in [5, 5.41) is 0. The van der Waals surface area contributed by atoms with E-state index in [-0.39, 0.29) is 42.5 Å². The Morgan fingerprint density at radius 1 is 0.857 bits per heavy atom. The van der Waals surface area contributed by atoms with Gasteiger partial charge in [-0.1, -0.05) is 25.0 Å². The number of imide groups is 1. The predicted molar refractivity (Wildman–Crippen MR) is 131 cm³/mol. The van der Waals surface area contributed by atoms with E-state index < -0.39 is 11.9 Å². The summed E-state index contributed by atoms with van der Waals surface area (Å²) < 4.78 is 5.63. The molecular weight excluding hydrogens is 444 g/mol. The minimum absolute atomic E-state index is 0.0975. The number of hydrogen-bond donors (Lipinski definition) is 0. The van der Waals surface area contributed by atoms with Crippen LogP contribution in [-0.2, 0) is 19.2 Å². The highest BCUT2D eigenvalue weighted by atomic mass is 16.5. The van der Waals surface area contributed by atoms with Crippen molar-refractivity contribution in [3.05, 3.63) is 53.1 Å². The maximum absolute atomic E-state index is 12.9. The third-order valence-electron chi connectivity index (χ3n) is 7.58. The molecule has 0 spiro atoms. The normalized spacial score (nSPS) is 24.2. The van der Waals surface area contributed by atoms with Crippen LogP contribution in [0.5, 0.6) is 5.75 Å². The van der Waals surface area contributed by atoms with Crippen LogP contribution in [0.1, 0.15) is 48.8 Å². The zero-order valence-electron chi connectivity index (χ0n) is 20.4. The lowest BCUT2D eigenvalue weighted by Crippen LogP contribution is -2.31. The van der Waals surface area contributed by atoms with E-state index in [9.17, 15) is 19.2 Å². The van der Waals surface area contributed by atoms with Crippen molar-refractivity contribution in [3.8, 4) is 5.75 Å². The number of nitrogens with zero attached hydrogens (tertiary/aromatic N) is 2. The quantitative estimate of drug-likeness (QED) is 0.376. The summed E-state index contributed by atoms with van der Waals surface area (Å²) in [7, 11) is 0. The fourth-order valence-corrected chi connectivity index (χ4v) is 5.65. The van der Waals surface area contributed by atoms with Gasteiger partial charge in [0, 0.05) is 18.7 Å². The molecule has 0 aromatic heterocycles. The first-order chi connectivity index (χ1) is 16.7. The molecule has 0 unspecified atom stereocenters. The average Bonchev–Trinajstić information content (AvgIpc) is 3.34. The van der Waals surface area contributed by atoms with Gasteiger partial charge in [-0.05, 0) is 74.6 Å². The van der Waals surface area contributed by atoms with Crippen LogP contribution in [0.4, 0.5) is 11.4 Å². The highest BCUT2D eigenvalue weighted by molar-refractivity contribution is 6.22. The Morgan fingerprint density at radius 3 is 2.20 bits per heavy atom. The topological polar surface area (TPSA) is 84.0 Å². The largest absolute Gasteiger partial charge is 0.426 e. The van der Waals surface area contributed by atoms with Gasteiger partial charge in [0.25, 0.3) is 0 Å². The predicted octanol–water partition coefficient (Wildman–Crippen LogP) is 4.25. The Bertz CT molecular complexity index is 1210. The van der Waals surface area contributed by atoms with Gasteiger partial charge in [0.15, 0.2) is 0 Å². The summed E-state index contributed by atoms with van der Waals surface area (Å²) >= 11 is 0. The van der Waals surface area contributed by atoms with Gasteiger partial charge >= 0.3 is 5.97 Å². The van der Waals surface area contributed by atoms with Gasteiger partial charge in [-0.2, -0.15) is 0 Å². The number of anilines is 2. The number of esters is 1. The molecule has 35 heavy (non-hydrogen) atoms. The molecule has 7 nitrogen and oxygen atoms in total.